The van der Waals surface area contributed by atoms with Crippen molar-refractivity contribution in [1.82, 2.24) is 9.88 Å². The van der Waals surface area contributed by atoms with E-state index in [2.05, 4.69) is 9.88 Å². The molecule has 3 atom stereocenters. The van der Waals surface area contributed by atoms with E-state index in [1.165, 1.54) is 12.5 Å². The quantitative estimate of drug-likeness (QED) is 0.860. The van der Waals surface area contributed by atoms with Gasteiger partial charge in [0.25, 0.3) is 0 Å². The summed E-state index contributed by atoms with van der Waals surface area (Å²) in [6, 6.07) is 4.86. The molecule has 0 amide bonds. The lowest BCUT2D eigenvalue weighted by Crippen LogP contribution is -2.44. The molecule has 1 aliphatic carbocycles. The highest BCUT2D eigenvalue weighted by molar-refractivity contribution is 5.11. The fourth-order valence-corrected chi connectivity index (χ4v) is 3.30. The normalized spacial score (nSPS) is 31.4. The van der Waals surface area contributed by atoms with Crippen LogP contribution >= 0.6 is 0 Å². The monoisotopic (exact) mass is 280 g/mol. The first kappa shape index (κ1) is 13.8. The Balaban J connectivity index is 1.56. The van der Waals surface area contributed by atoms with Crippen molar-refractivity contribution in [3.05, 3.63) is 24.1 Å². The van der Waals surface area contributed by atoms with Crippen molar-refractivity contribution in [2.75, 3.05) is 13.1 Å². The average Bonchev–Trinajstić information content (AvgIpc) is 2.87. The Morgan fingerprint density at radius 2 is 2.10 bits per heavy atom. The lowest BCUT2D eigenvalue weighted by molar-refractivity contribution is 0.0263. The van der Waals surface area contributed by atoms with Crippen molar-refractivity contribution in [2.24, 2.45) is 0 Å². The van der Waals surface area contributed by atoms with E-state index in [-0.39, 0.29) is 18.2 Å². The standard InChI is InChI=1S/C15H21FN2O2/c16-14-6-3-7-15(17-14)20-11-8-9-18(10-11)12-4-1-2-5-13(12)19/h3,6-7,11-13,19H,1-2,4-5,8-10H2. The number of ether oxygens (including phenoxy) is 1. The summed E-state index contributed by atoms with van der Waals surface area (Å²) in [5, 5.41) is 10.1. The summed E-state index contributed by atoms with van der Waals surface area (Å²) in [6.07, 6.45) is 5.01. The molecule has 2 fully saturated rings. The topological polar surface area (TPSA) is 45.6 Å². The molecule has 3 unspecified atom stereocenters. The molecule has 20 heavy (non-hydrogen) atoms. The van der Waals surface area contributed by atoms with Gasteiger partial charge in [-0.2, -0.15) is 9.37 Å². The predicted octanol–water partition coefficient (Wildman–Crippen LogP) is 1.98. The van der Waals surface area contributed by atoms with E-state index >= 15 is 0 Å². The van der Waals surface area contributed by atoms with E-state index in [4.69, 9.17) is 4.74 Å². The average molecular weight is 280 g/mol. The van der Waals surface area contributed by atoms with Gasteiger partial charge in [0.2, 0.25) is 11.8 Å². The Labute approximate surface area is 118 Å². The fourth-order valence-electron chi connectivity index (χ4n) is 3.30. The van der Waals surface area contributed by atoms with Gasteiger partial charge in [-0.25, -0.2) is 0 Å². The highest BCUT2D eigenvalue weighted by Crippen LogP contribution is 2.27. The summed E-state index contributed by atoms with van der Waals surface area (Å²) in [5.74, 6) is -0.166. The summed E-state index contributed by atoms with van der Waals surface area (Å²) in [7, 11) is 0. The van der Waals surface area contributed by atoms with Gasteiger partial charge in [-0.15, -0.1) is 0 Å². The van der Waals surface area contributed by atoms with Gasteiger partial charge in [0, 0.05) is 25.2 Å². The minimum atomic E-state index is -0.514. The van der Waals surface area contributed by atoms with Crippen molar-refractivity contribution in [3.8, 4) is 5.88 Å². The van der Waals surface area contributed by atoms with Gasteiger partial charge in [-0.3, -0.25) is 4.90 Å². The van der Waals surface area contributed by atoms with Crippen LogP contribution in [0.25, 0.3) is 0 Å². The van der Waals surface area contributed by atoms with Crippen LogP contribution in [0.4, 0.5) is 4.39 Å². The van der Waals surface area contributed by atoms with Crippen LogP contribution in [0.5, 0.6) is 5.88 Å². The minimum absolute atomic E-state index is 0.0402. The molecule has 1 aromatic rings. The second-order valence-electron chi connectivity index (χ2n) is 5.74. The highest BCUT2D eigenvalue weighted by Gasteiger charge is 2.34. The molecular formula is C15H21FN2O2. The number of pyridine rings is 1. The number of likely N-dealkylation sites (tertiary alicyclic amines) is 1. The van der Waals surface area contributed by atoms with E-state index < -0.39 is 5.95 Å². The molecule has 1 N–H and O–H groups in total. The molecule has 4 nitrogen and oxygen atoms in total. The molecule has 0 aromatic carbocycles. The molecule has 1 aliphatic heterocycles. The third-order valence-corrected chi connectivity index (χ3v) is 4.32. The molecule has 1 aromatic heterocycles. The Morgan fingerprint density at radius 3 is 2.90 bits per heavy atom. The minimum Gasteiger partial charge on any atom is -0.473 e. The SMILES string of the molecule is OC1CCCCC1N1CCC(Oc2cccc(F)n2)C1. The molecule has 5 heteroatoms. The number of aliphatic hydroxyl groups excluding tert-OH is 1. The fraction of sp³-hybridized carbons (Fsp3) is 0.667. The van der Waals surface area contributed by atoms with E-state index in [1.807, 2.05) is 0 Å². The number of hydrogen-bond donors (Lipinski definition) is 1. The van der Waals surface area contributed by atoms with Crippen molar-refractivity contribution in [1.29, 1.82) is 0 Å². The molecular weight excluding hydrogens is 259 g/mol. The van der Waals surface area contributed by atoms with Crippen LogP contribution in [-0.2, 0) is 0 Å². The maximum Gasteiger partial charge on any atom is 0.216 e. The molecule has 2 heterocycles. The number of aliphatic hydroxyl groups is 1. The second-order valence-corrected chi connectivity index (χ2v) is 5.74. The van der Waals surface area contributed by atoms with E-state index in [0.29, 0.717) is 5.88 Å². The van der Waals surface area contributed by atoms with Gasteiger partial charge >= 0.3 is 0 Å². The number of halogens is 1. The molecule has 1 saturated carbocycles. The van der Waals surface area contributed by atoms with Crippen LogP contribution in [0.15, 0.2) is 18.2 Å². The van der Waals surface area contributed by atoms with Crippen molar-refractivity contribution < 1.29 is 14.2 Å². The number of rotatable bonds is 3. The van der Waals surface area contributed by atoms with E-state index in [1.54, 1.807) is 12.1 Å². The molecule has 1 saturated heterocycles. The summed E-state index contributed by atoms with van der Waals surface area (Å²) in [5.41, 5.74) is 0. The van der Waals surface area contributed by atoms with Crippen LogP contribution in [0.3, 0.4) is 0 Å². The molecule has 2 aliphatic rings. The smallest absolute Gasteiger partial charge is 0.216 e. The van der Waals surface area contributed by atoms with Gasteiger partial charge in [0.15, 0.2) is 0 Å². The van der Waals surface area contributed by atoms with E-state index in [9.17, 15) is 9.50 Å². The van der Waals surface area contributed by atoms with Gasteiger partial charge in [-0.05, 0) is 25.3 Å². The van der Waals surface area contributed by atoms with Crippen LogP contribution in [0.1, 0.15) is 32.1 Å². The van der Waals surface area contributed by atoms with Crippen LogP contribution in [0.2, 0.25) is 0 Å². The zero-order chi connectivity index (χ0) is 13.9. The number of hydrogen-bond acceptors (Lipinski definition) is 4. The maximum absolute atomic E-state index is 13.0. The Bertz CT molecular complexity index is 457. The molecule has 0 radical (unpaired) electrons. The zero-order valence-corrected chi connectivity index (χ0v) is 11.5. The molecule has 0 bridgehead atoms. The largest absolute Gasteiger partial charge is 0.473 e. The van der Waals surface area contributed by atoms with Crippen molar-refractivity contribution in [2.45, 2.75) is 50.4 Å². The predicted molar refractivity (Wildman–Crippen MR) is 73.1 cm³/mol. The lowest BCUT2D eigenvalue weighted by Gasteiger charge is -2.35. The first-order chi connectivity index (χ1) is 9.72. The number of aromatic nitrogens is 1. The zero-order valence-electron chi connectivity index (χ0n) is 11.5. The summed E-state index contributed by atoms with van der Waals surface area (Å²) < 4.78 is 18.8. The molecule has 3 rings (SSSR count). The first-order valence-corrected chi connectivity index (χ1v) is 7.44. The summed E-state index contributed by atoms with van der Waals surface area (Å²) in [6.45, 7) is 1.72. The second kappa shape index (κ2) is 6.06. The van der Waals surface area contributed by atoms with Gasteiger partial charge < -0.3 is 9.84 Å². The van der Waals surface area contributed by atoms with Crippen LogP contribution in [0, 0.1) is 5.95 Å². The van der Waals surface area contributed by atoms with Crippen molar-refractivity contribution in [3.63, 3.8) is 0 Å². The molecule has 0 spiro atoms. The van der Waals surface area contributed by atoms with Gasteiger partial charge in [0.05, 0.1) is 6.10 Å². The van der Waals surface area contributed by atoms with Gasteiger partial charge in [0.1, 0.15) is 6.10 Å². The molecule has 110 valence electrons. The van der Waals surface area contributed by atoms with Crippen molar-refractivity contribution >= 4 is 0 Å². The van der Waals surface area contributed by atoms with Crippen LogP contribution < -0.4 is 4.74 Å². The third-order valence-electron chi connectivity index (χ3n) is 4.32. The first-order valence-electron chi connectivity index (χ1n) is 7.44. The lowest BCUT2D eigenvalue weighted by atomic mass is 9.91. The van der Waals surface area contributed by atoms with Crippen LogP contribution in [-0.4, -0.2) is 46.3 Å². The highest BCUT2D eigenvalue weighted by atomic mass is 19.1. The third kappa shape index (κ3) is 3.10. The Morgan fingerprint density at radius 1 is 1.25 bits per heavy atom. The Hall–Kier alpha value is -1.20. The van der Waals surface area contributed by atoms with E-state index in [0.717, 1.165) is 38.8 Å². The van der Waals surface area contributed by atoms with Gasteiger partial charge in [-0.1, -0.05) is 18.9 Å². The number of nitrogens with zero attached hydrogens (tertiary/aromatic N) is 2. The summed E-state index contributed by atoms with van der Waals surface area (Å²) in [4.78, 5) is 6.05. The maximum atomic E-state index is 13.0. The summed E-state index contributed by atoms with van der Waals surface area (Å²) >= 11 is 0. The Kier molecular flexibility index (Phi) is 4.17.